The summed E-state index contributed by atoms with van der Waals surface area (Å²) in [4.78, 5) is 24.2. The molecule has 1 aromatic carbocycles. The second-order valence-electron chi connectivity index (χ2n) is 7.19. The van der Waals surface area contributed by atoms with E-state index in [-0.39, 0.29) is 11.8 Å². The summed E-state index contributed by atoms with van der Waals surface area (Å²) in [7, 11) is 0. The summed E-state index contributed by atoms with van der Waals surface area (Å²) >= 11 is 0. The van der Waals surface area contributed by atoms with Crippen molar-refractivity contribution in [1.82, 2.24) is 9.97 Å². The van der Waals surface area contributed by atoms with Crippen molar-refractivity contribution in [2.24, 2.45) is 5.92 Å². The Kier molecular flexibility index (Phi) is 5.55. The lowest BCUT2D eigenvalue weighted by atomic mass is 9.96. The average Bonchev–Trinajstić information content (AvgIpc) is 2.62. The summed E-state index contributed by atoms with van der Waals surface area (Å²) in [5, 5.41) is 3.19. The van der Waals surface area contributed by atoms with Gasteiger partial charge >= 0.3 is 0 Å². The van der Waals surface area contributed by atoms with E-state index in [0.717, 1.165) is 54.4 Å². The normalized spacial score (nSPS) is 17.2. The summed E-state index contributed by atoms with van der Waals surface area (Å²) in [5.74, 6) is 0.797. The summed E-state index contributed by atoms with van der Waals surface area (Å²) in [6, 6.07) is 8.15. The first-order chi connectivity index (χ1) is 12.5. The fourth-order valence-electron chi connectivity index (χ4n) is 3.65. The topological polar surface area (TPSA) is 58.1 Å². The molecule has 0 radical (unpaired) electrons. The van der Waals surface area contributed by atoms with Gasteiger partial charge in [0, 0.05) is 30.2 Å². The Morgan fingerprint density at radius 3 is 2.65 bits per heavy atom. The highest BCUT2D eigenvalue weighted by Gasteiger charge is 2.28. The summed E-state index contributed by atoms with van der Waals surface area (Å²) < 4.78 is 0. The standard InChI is InChI=1S/C21H28N4O/c1-5-17-9-6-8-14(2)19(17)24-20(26)18-10-7-11-25(13-18)21-22-15(3)12-16(4)23-21/h6,8-9,12,18H,5,7,10-11,13H2,1-4H3,(H,24,26)/t18-/m1/s1. The molecule has 138 valence electrons. The first-order valence-electron chi connectivity index (χ1n) is 9.44. The van der Waals surface area contributed by atoms with Crippen LogP contribution in [-0.4, -0.2) is 29.0 Å². The van der Waals surface area contributed by atoms with Gasteiger partial charge < -0.3 is 10.2 Å². The monoisotopic (exact) mass is 352 g/mol. The SMILES string of the molecule is CCc1cccc(C)c1NC(=O)[C@@H]1CCCN(c2nc(C)cc(C)n2)C1. The molecule has 1 fully saturated rings. The Balaban J connectivity index is 1.74. The minimum atomic E-state index is -0.0440. The van der Waals surface area contributed by atoms with Crippen molar-refractivity contribution in [1.29, 1.82) is 0 Å². The third-order valence-corrected chi connectivity index (χ3v) is 5.03. The number of piperidine rings is 1. The van der Waals surface area contributed by atoms with E-state index in [1.165, 1.54) is 5.56 Å². The molecule has 0 saturated carbocycles. The van der Waals surface area contributed by atoms with Crippen LogP contribution in [0.2, 0.25) is 0 Å². The lowest BCUT2D eigenvalue weighted by molar-refractivity contribution is -0.120. The predicted octanol–water partition coefficient (Wildman–Crippen LogP) is 3.82. The van der Waals surface area contributed by atoms with Gasteiger partial charge in [0.2, 0.25) is 11.9 Å². The van der Waals surface area contributed by atoms with Gasteiger partial charge in [-0.15, -0.1) is 0 Å². The zero-order chi connectivity index (χ0) is 18.7. The van der Waals surface area contributed by atoms with Crippen LogP contribution in [0.15, 0.2) is 24.3 Å². The highest BCUT2D eigenvalue weighted by atomic mass is 16.1. The lowest BCUT2D eigenvalue weighted by Gasteiger charge is -2.32. The summed E-state index contributed by atoms with van der Waals surface area (Å²) in [6.07, 6.45) is 2.79. The molecule has 0 aliphatic carbocycles. The Hall–Kier alpha value is -2.43. The van der Waals surface area contributed by atoms with Gasteiger partial charge in [-0.2, -0.15) is 0 Å². The minimum absolute atomic E-state index is 0.0440. The third kappa shape index (κ3) is 4.03. The predicted molar refractivity (Wildman–Crippen MR) is 106 cm³/mol. The molecule has 5 nitrogen and oxygen atoms in total. The maximum absolute atomic E-state index is 12.9. The number of hydrogen-bond acceptors (Lipinski definition) is 4. The number of para-hydroxylation sites is 1. The Morgan fingerprint density at radius 2 is 1.96 bits per heavy atom. The molecular formula is C21H28N4O. The molecular weight excluding hydrogens is 324 g/mol. The van der Waals surface area contributed by atoms with E-state index in [1.54, 1.807) is 0 Å². The molecule has 26 heavy (non-hydrogen) atoms. The third-order valence-electron chi connectivity index (χ3n) is 5.03. The molecule has 1 atom stereocenters. The van der Waals surface area contributed by atoms with Crippen LogP contribution in [0.4, 0.5) is 11.6 Å². The molecule has 1 saturated heterocycles. The van der Waals surface area contributed by atoms with Gasteiger partial charge in [-0.25, -0.2) is 9.97 Å². The quantitative estimate of drug-likeness (QED) is 0.909. The molecule has 1 aliphatic rings. The number of rotatable bonds is 4. The van der Waals surface area contributed by atoms with Gasteiger partial charge in [0.15, 0.2) is 0 Å². The Labute approximate surface area is 155 Å². The van der Waals surface area contributed by atoms with Crippen LogP contribution in [-0.2, 0) is 11.2 Å². The molecule has 1 aromatic heterocycles. The van der Waals surface area contributed by atoms with E-state index < -0.39 is 0 Å². The number of amides is 1. The Morgan fingerprint density at radius 1 is 1.23 bits per heavy atom. The molecule has 2 heterocycles. The van der Waals surface area contributed by atoms with Crippen LogP contribution < -0.4 is 10.2 Å². The van der Waals surface area contributed by atoms with Crippen LogP contribution in [0.5, 0.6) is 0 Å². The van der Waals surface area contributed by atoms with E-state index >= 15 is 0 Å². The van der Waals surface area contributed by atoms with Gasteiger partial charge in [-0.05, 0) is 57.2 Å². The molecule has 0 spiro atoms. The molecule has 5 heteroatoms. The number of hydrogen-bond donors (Lipinski definition) is 1. The average molecular weight is 352 g/mol. The molecule has 0 bridgehead atoms. The van der Waals surface area contributed by atoms with Crippen molar-refractivity contribution in [2.75, 3.05) is 23.3 Å². The highest BCUT2D eigenvalue weighted by molar-refractivity contribution is 5.94. The van der Waals surface area contributed by atoms with Crippen molar-refractivity contribution in [3.05, 3.63) is 46.8 Å². The van der Waals surface area contributed by atoms with Crippen molar-refractivity contribution >= 4 is 17.5 Å². The number of nitrogens with zero attached hydrogens (tertiary/aromatic N) is 3. The van der Waals surface area contributed by atoms with Crippen LogP contribution in [0.25, 0.3) is 0 Å². The fourth-order valence-corrected chi connectivity index (χ4v) is 3.65. The molecule has 1 N–H and O–H groups in total. The van der Waals surface area contributed by atoms with Crippen molar-refractivity contribution in [3.63, 3.8) is 0 Å². The molecule has 0 unspecified atom stereocenters. The highest BCUT2D eigenvalue weighted by Crippen LogP contribution is 2.25. The number of aromatic nitrogens is 2. The molecule has 2 aromatic rings. The van der Waals surface area contributed by atoms with Gasteiger partial charge in [0.05, 0.1) is 5.92 Å². The van der Waals surface area contributed by atoms with E-state index in [1.807, 2.05) is 39.0 Å². The lowest BCUT2D eigenvalue weighted by Crippen LogP contribution is -2.41. The van der Waals surface area contributed by atoms with Crippen LogP contribution >= 0.6 is 0 Å². The Bertz CT molecular complexity index is 782. The maximum atomic E-state index is 12.9. The van der Waals surface area contributed by atoms with Crippen molar-refractivity contribution in [2.45, 2.75) is 47.0 Å². The summed E-state index contributed by atoms with van der Waals surface area (Å²) in [6.45, 7) is 9.70. The van der Waals surface area contributed by atoms with E-state index in [4.69, 9.17) is 0 Å². The van der Waals surface area contributed by atoms with Crippen LogP contribution in [0.3, 0.4) is 0 Å². The van der Waals surface area contributed by atoms with Crippen molar-refractivity contribution < 1.29 is 4.79 Å². The number of nitrogens with one attached hydrogen (secondary N) is 1. The molecule has 1 aliphatic heterocycles. The summed E-state index contributed by atoms with van der Waals surface area (Å²) in [5.41, 5.74) is 5.20. The van der Waals surface area contributed by atoms with E-state index in [0.29, 0.717) is 6.54 Å². The second kappa shape index (κ2) is 7.85. The number of carbonyl (C=O) groups excluding carboxylic acids is 1. The number of benzene rings is 1. The largest absolute Gasteiger partial charge is 0.340 e. The number of carbonyl (C=O) groups is 1. The second-order valence-corrected chi connectivity index (χ2v) is 7.19. The smallest absolute Gasteiger partial charge is 0.229 e. The zero-order valence-electron chi connectivity index (χ0n) is 16.2. The van der Waals surface area contributed by atoms with Crippen LogP contribution in [0, 0.1) is 26.7 Å². The minimum Gasteiger partial charge on any atom is -0.340 e. The fraction of sp³-hybridized carbons (Fsp3) is 0.476. The van der Waals surface area contributed by atoms with Crippen molar-refractivity contribution in [3.8, 4) is 0 Å². The first-order valence-corrected chi connectivity index (χ1v) is 9.44. The van der Waals surface area contributed by atoms with Gasteiger partial charge in [-0.1, -0.05) is 25.1 Å². The number of anilines is 2. The van der Waals surface area contributed by atoms with Crippen LogP contribution in [0.1, 0.15) is 42.3 Å². The first kappa shape index (κ1) is 18.4. The molecule has 1 amide bonds. The molecule has 3 rings (SSSR count). The van der Waals surface area contributed by atoms with E-state index in [2.05, 4.69) is 33.2 Å². The van der Waals surface area contributed by atoms with Gasteiger partial charge in [-0.3, -0.25) is 4.79 Å². The van der Waals surface area contributed by atoms with Gasteiger partial charge in [0.1, 0.15) is 0 Å². The zero-order valence-corrected chi connectivity index (χ0v) is 16.2. The maximum Gasteiger partial charge on any atom is 0.229 e. The number of aryl methyl sites for hydroxylation is 4. The van der Waals surface area contributed by atoms with E-state index in [9.17, 15) is 4.79 Å². The van der Waals surface area contributed by atoms with Gasteiger partial charge in [0.25, 0.3) is 0 Å².